The summed E-state index contributed by atoms with van der Waals surface area (Å²) in [6.07, 6.45) is 1.61. The lowest BCUT2D eigenvalue weighted by atomic mass is 10.1. The fourth-order valence-corrected chi connectivity index (χ4v) is 2.12. The number of hydrogen-bond donors (Lipinski definition) is 0. The van der Waals surface area contributed by atoms with Crippen LogP contribution in [-0.4, -0.2) is 15.9 Å². The predicted octanol–water partition coefficient (Wildman–Crippen LogP) is 3.74. The predicted molar refractivity (Wildman–Crippen MR) is 84.2 cm³/mol. The third kappa shape index (κ3) is 3.01. The van der Waals surface area contributed by atoms with Gasteiger partial charge in [-0.1, -0.05) is 60.7 Å². The summed E-state index contributed by atoms with van der Waals surface area (Å²) in [6, 6.07) is 19.3. The Bertz CT molecular complexity index is 787. The molecule has 4 nitrogen and oxygen atoms in total. The number of nitrogens with zero attached hydrogens (tertiary/aromatic N) is 2. The molecule has 1 aromatic heterocycles. The average Bonchev–Trinajstić information content (AvgIpc) is 2.56. The second-order valence-corrected chi connectivity index (χ2v) is 4.73. The maximum absolute atomic E-state index is 11.3. The molecule has 0 bridgehead atoms. The average molecular weight is 290 g/mol. The van der Waals surface area contributed by atoms with E-state index in [1.165, 1.54) is 6.92 Å². The number of rotatable bonds is 3. The molecule has 0 aliphatic rings. The number of aromatic nitrogens is 2. The fourth-order valence-electron chi connectivity index (χ4n) is 2.12. The van der Waals surface area contributed by atoms with Gasteiger partial charge in [0.1, 0.15) is 5.69 Å². The third-order valence-corrected chi connectivity index (χ3v) is 3.10. The molecule has 3 rings (SSSR count). The van der Waals surface area contributed by atoms with E-state index in [9.17, 15) is 4.79 Å². The Kier molecular flexibility index (Phi) is 3.92. The van der Waals surface area contributed by atoms with Crippen LogP contribution in [0.2, 0.25) is 0 Å². The van der Waals surface area contributed by atoms with Gasteiger partial charge in [-0.05, 0) is 0 Å². The van der Waals surface area contributed by atoms with Crippen molar-refractivity contribution in [2.45, 2.75) is 6.92 Å². The lowest BCUT2D eigenvalue weighted by Crippen LogP contribution is -2.06. The van der Waals surface area contributed by atoms with Gasteiger partial charge in [0.25, 0.3) is 0 Å². The molecule has 3 aromatic rings. The first-order valence-corrected chi connectivity index (χ1v) is 6.90. The van der Waals surface area contributed by atoms with E-state index < -0.39 is 5.97 Å². The number of carbonyl (C=O) groups is 1. The van der Waals surface area contributed by atoms with E-state index in [0.717, 1.165) is 16.8 Å². The molecule has 108 valence electrons. The zero-order valence-corrected chi connectivity index (χ0v) is 12.1. The molecular formula is C18H14N2O2. The largest absolute Gasteiger partial charge is 0.405 e. The molecule has 1 heterocycles. The molecule has 0 saturated carbocycles. The van der Waals surface area contributed by atoms with Gasteiger partial charge in [0.2, 0.25) is 5.88 Å². The van der Waals surface area contributed by atoms with Gasteiger partial charge in [0, 0.05) is 18.1 Å². The van der Waals surface area contributed by atoms with Crippen molar-refractivity contribution in [1.82, 2.24) is 9.97 Å². The minimum absolute atomic E-state index is 0.221. The second kappa shape index (κ2) is 6.18. The Morgan fingerprint density at radius 1 is 0.909 bits per heavy atom. The van der Waals surface area contributed by atoms with E-state index in [2.05, 4.69) is 9.97 Å². The van der Waals surface area contributed by atoms with Gasteiger partial charge in [-0.25, -0.2) is 9.97 Å². The normalized spacial score (nSPS) is 10.2. The Labute approximate surface area is 128 Å². The molecular weight excluding hydrogens is 276 g/mol. The molecule has 4 heteroatoms. The van der Waals surface area contributed by atoms with Crippen LogP contribution in [0, 0.1) is 0 Å². The molecule has 0 amide bonds. The van der Waals surface area contributed by atoms with Crippen molar-refractivity contribution < 1.29 is 9.53 Å². The summed E-state index contributed by atoms with van der Waals surface area (Å²) in [5.74, 6) is -0.197. The highest BCUT2D eigenvalue weighted by atomic mass is 16.5. The van der Waals surface area contributed by atoms with Crippen LogP contribution in [0.25, 0.3) is 22.5 Å². The number of carbonyl (C=O) groups excluding carboxylic acids is 1. The highest BCUT2D eigenvalue weighted by Gasteiger charge is 2.13. The van der Waals surface area contributed by atoms with Gasteiger partial charge in [0.05, 0.1) is 11.9 Å². The van der Waals surface area contributed by atoms with E-state index in [4.69, 9.17) is 4.74 Å². The molecule has 0 spiro atoms. The quantitative estimate of drug-likeness (QED) is 0.690. The van der Waals surface area contributed by atoms with Crippen LogP contribution < -0.4 is 4.74 Å². The van der Waals surface area contributed by atoms with E-state index in [-0.39, 0.29) is 5.88 Å². The summed E-state index contributed by atoms with van der Waals surface area (Å²) in [7, 11) is 0. The highest BCUT2D eigenvalue weighted by molar-refractivity contribution is 5.74. The summed E-state index contributed by atoms with van der Waals surface area (Å²) in [4.78, 5) is 20.2. The molecule has 2 aromatic carbocycles. The molecule has 0 aliphatic carbocycles. The monoisotopic (exact) mass is 290 g/mol. The number of benzene rings is 2. The first-order valence-electron chi connectivity index (χ1n) is 6.90. The van der Waals surface area contributed by atoms with Gasteiger partial charge < -0.3 is 4.74 Å². The van der Waals surface area contributed by atoms with Gasteiger partial charge in [-0.2, -0.15) is 0 Å². The van der Waals surface area contributed by atoms with Crippen LogP contribution in [0.3, 0.4) is 0 Å². The van der Waals surface area contributed by atoms with Crippen molar-refractivity contribution in [3.63, 3.8) is 0 Å². The van der Waals surface area contributed by atoms with Crippen molar-refractivity contribution in [2.75, 3.05) is 0 Å². The van der Waals surface area contributed by atoms with Crippen LogP contribution in [-0.2, 0) is 4.79 Å². The summed E-state index contributed by atoms with van der Waals surface area (Å²) in [6.45, 7) is 1.35. The van der Waals surface area contributed by atoms with Crippen LogP contribution >= 0.6 is 0 Å². The zero-order chi connectivity index (χ0) is 15.4. The van der Waals surface area contributed by atoms with Gasteiger partial charge >= 0.3 is 5.97 Å². The van der Waals surface area contributed by atoms with E-state index in [1.807, 2.05) is 60.7 Å². The van der Waals surface area contributed by atoms with Crippen LogP contribution in [0.1, 0.15) is 6.92 Å². The lowest BCUT2D eigenvalue weighted by molar-refractivity contribution is -0.132. The van der Waals surface area contributed by atoms with Crippen molar-refractivity contribution >= 4 is 5.97 Å². The summed E-state index contributed by atoms with van der Waals surface area (Å²) >= 11 is 0. The van der Waals surface area contributed by atoms with E-state index in [1.54, 1.807) is 6.20 Å². The summed E-state index contributed by atoms with van der Waals surface area (Å²) in [5.41, 5.74) is 3.10. The molecule has 0 N–H and O–H groups in total. The van der Waals surface area contributed by atoms with E-state index >= 15 is 0 Å². The molecule has 0 saturated heterocycles. The first kappa shape index (κ1) is 13.9. The minimum Gasteiger partial charge on any atom is -0.405 e. The Morgan fingerprint density at radius 2 is 1.50 bits per heavy atom. The summed E-state index contributed by atoms with van der Waals surface area (Å²) in [5, 5.41) is 0. The maximum Gasteiger partial charge on any atom is 0.309 e. The number of hydrogen-bond acceptors (Lipinski definition) is 4. The Balaban J connectivity index is 2.12. The SMILES string of the molecule is CC(=O)Oc1ncc(-c2ccccc2)nc1-c1ccccc1. The van der Waals surface area contributed by atoms with Gasteiger partial charge in [-0.3, -0.25) is 4.79 Å². The van der Waals surface area contributed by atoms with Crippen molar-refractivity contribution in [2.24, 2.45) is 0 Å². The van der Waals surface area contributed by atoms with Crippen molar-refractivity contribution in [3.05, 3.63) is 66.9 Å². The van der Waals surface area contributed by atoms with Crippen molar-refractivity contribution in [3.8, 4) is 28.4 Å². The molecule has 0 aliphatic heterocycles. The molecule has 0 atom stereocenters. The molecule has 0 radical (unpaired) electrons. The van der Waals surface area contributed by atoms with Crippen LogP contribution in [0.15, 0.2) is 66.9 Å². The second-order valence-electron chi connectivity index (χ2n) is 4.73. The van der Waals surface area contributed by atoms with Crippen LogP contribution in [0.5, 0.6) is 5.88 Å². The zero-order valence-electron chi connectivity index (χ0n) is 12.1. The smallest absolute Gasteiger partial charge is 0.309 e. The number of esters is 1. The van der Waals surface area contributed by atoms with E-state index in [0.29, 0.717) is 5.69 Å². The topological polar surface area (TPSA) is 52.1 Å². The number of ether oxygens (including phenoxy) is 1. The van der Waals surface area contributed by atoms with Gasteiger partial charge in [0.15, 0.2) is 0 Å². The van der Waals surface area contributed by atoms with Crippen molar-refractivity contribution in [1.29, 1.82) is 0 Å². The highest BCUT2D eigenvalue weighted by Crippen LogP contribution is 2.28. The Morgan fingerprint density at radius 3 is 2.09 bits per heavy atom. The first-order chi connectivity index (χ1) is 10.7. The molecule has 22 heavy (non-hydrogen) atoms. The molecule has 0 fully saturated rings. The minimum atomic E-state index is -0.418. The summed E-state index contributed by atoms with van der Waals surface area (Å²) < 4.78 is 5.18. The van der Waals surface area contributed by atoms with Gasteiger partial charge in [-0.15, -0.1) is 0 Å². The Hall–Kier alpha value is -3.01. The fraction of sp³-hybridized carbons (Fsp3) is 0.0556. The van der Waals surface area contributed by atoms with Crippen LogP contribution in [0.4, 0.5) is 0 Å². The maximum atomic E-state index is 11.3. The standard InChI is InChI=1S/C18H14N2O2/c1-13(21)22-18-17(15-10-6-3-7-11-15)20-16(12-19-18)14-8-4-2-5-9-14/h2-12H,1H3. The molecule has 0 unspecified atom stereocenters. The lowest BCUT2D eigenvalue weighted by Gasteiger charge is -2.09. The third-order valence-electron chi connectivity index (χ3n) is 3.10.